The predicted octanol–water partition coefficient (Wildman–Crippen LogP) is 0.971. The smallest absolute Gasteiger partial charge is 0.0700 e. The molecule has 4 heteroatoms. The van der Waals surface area contributed by atoms with E-state index in [0.717, 1.165) is 45.2 Å². The summed E-state index contributed by atoms with van der Waals surface area (Å²) in [5, 5.41) is 3.48. The van der Waals surface area contributed by atoms with Gasteiger partial charge in [-0.1, -0.05) is 6.92 Å². The van der Waals surface area contributed by atoms with Crippen molar-refractivity contribution in [3.63, 3.8) is 0 Å². The lowest BCUT2D eigenvalue weighted by atomic mass is 10.1. The lowest BCUT2D eigenvalue weighted by Crippen LogP contribution is -2.39. The van der Waals surface area contributed by atoms with Gasteiger partial charge in [-0.15, -0.1) is 0 Å². The van der Waals surface area contributed by atoms with Crippen LogP contribution in [-0.4, -0.2) is 64.6 Å². The molecular formula is C13H28N2O2. The Hall–Kier alpha value is -0.160. The van der Waals surface area contributed by atoms with Crippen LogP contribution < -0.4 is 5.32 Å². The molecule has 0 bridgehead atoms. The summed E-state index contributed by atoms with van der Waals surface area (Å²) in [6.45, 7) is 10.5. The van der Waals surface area contributed by atoms with E-state index in [-0.39, 0.29) is 0 Å². The lowest BCUT2D eigenvalue weighted by molar-refractivity contribution is 0.0641. The van der Waals surface area contributed by atoms with Gasteiger partial charge in [-0.3, -0.25) is 0 Å². The molecule has 0 spiro atoms. The molecule has 17 heavy (non-hydrogen) atoms. The van der Waals surface area contributed by atoms with Gasteiger partial charge in [0.2, 0.25) is 0 Å². The van der Waals surface area contributed by atoms with E-state index in [0.29, 0.717) is 6.61 Å². The quantitative estimate of drug-likeness (QED) is 0.677. The lowest BCUT2D eigenvalue weighted by Gasteiger charge is -2.28. The molecule has 1 rings (SSSR count). The number of nitrogens with zero attached hydrogens (tertiary/aromatic N) is 1. The summed E-state index contributed by atoms with van der Waals surface area (Å²) in [6, 6.07) is 0. The molecule has 0 radical (unpaired) electrons. The Morgan fingerprint density at radius 3 is 3.00 bits per heavy atom. The van der Waals surface area contributed by atoms with E-state index < -0.39 is 0 Å². The SMILES string of the molecule is COCCOCCCN1CCCNCC(C)C1. The third-order valence-electron chi connectivity index (χ3n) is 3.09. The van der Waals surface area contributed by atoms with E-state index in [1.165, 1.54) is 19.5 Å². The minimum Gasteiger partial charge on any atom is -0.382 e. The van der Waals surface area contributed by atoms with Gasteiger partial charge in [0, 0.05) is 26.8 Å². The van der Waals surface area contributed by atoms with Crippen LogP contribution in [0.5, 0.6) is 0 Å². The molecule has 102 valence electrons. The fourth-order valence-corrected chi connectivity index (χ4v) is 2.21. The summed E-state index contributed by atoms with van der Waals surface area (Å²) < 4.78 is 10.4. The molecule has 1 atom stereocenters. The standard InChI is InChI=1S/C13H28N2O2/c1-13-11-14-5-3-6-15(12-13)7-4-8-17-10-9-16-2/h13-14H,3-12H2,1-2H3. The first-order valence-electron chi connectivity index (χ1n) is 6.82. The molecule has 1 aliphatic rings. The maximum Gasteiger partial charge on any atom is 0.0700 e. The number of ether oxygens (including phenoxy) is 2. The van der Waals surface area contributed by atoms with Gasteiger partial charge < -0.3 is 19.7 Å². The van der Waals surface area contributed by atoms with Crippen molar-refractivity contribution in [3.05, 3.63) is 0 Å². The van der Waals surface area contributed by atoms with Gasteiger partial charge in [-0.2, -0.15) is 0 Å². The number of methoxy groups -OCH3 is 1. The molecule has 1 aliphatic heterocycles. The van der Waals surface area contributed by atoms with Crippen molar-refractivity contribution in [2.75, 3.05) is 59.7 Å². The second kappa shape index (κ2) is 9.83. The first kappa shape index (κ1) is 14.9. The zero-order valence-electron chi connectivity index (χ0n) is 11.4. The first-order valence-corrected chi connectivity index (χ1v) is 6.82. The highest BCUT2D eigenvalue weighted by Gasteiger charge is 2.12. The molecule has 1 saturated heterocycles. The Bertz CT molecular complexity index is 179. The van der Waals surface area contributed by atoms with E-state index >= 15 is 0 Å². The average molecular weight is 244 g/mol. The Kier molecular flexibility index (Phi) is 8.61. The number of nitrogens with one attached hydrogen (secondary N) is 1. The summed E-state index contributed by atoms with van der Waals surface area (Å²) in [5.74, 6) is 0.754. The zero-order chi connectivity index (χ0) is 12.3. The molecule has 4 nitrogen and oxygen atoms in total. The average Bonchev–Trinajstić information content (AvgIpc) is 2.29. The van der Waals surface area contributed by atoms with Crippen molar-refractivity contribution in [1.29, 1.82) is 0 Å². The third-order valence-corrected chi connectivity index (χ3v) is 3.09. The Morgan fingerprint density at radius 2 is 2.18 bits per heavy atom. The van der Waals surface area contributed by atoms with Gasteiger partial charge in [0.05, 0.1) is 13.2 Å². The normalized spacial score (nSPS) is 23.3. The van der Waals surface area contributed by atoms with Crippen LogP contribution in [0.25, 0.3) is 0 Å². The van der Waals surface area contributed by atoms with Crippen LogP contribution in [0, 0.1) is 5.92 Å². The fourth-order valence-electron chi connectivity index (χ4n) is 2.21. The van der Waals surface area contributed by atoms with Crippen molar-refractivity contribution in [1.82, 2.24) is 10.2 Å². The Balaban J connectivity index is 2.03. The van der Waals surface area contributed by atoms with Crippen molar-refractivity contribution < 1.29 is 9.47 Å². The first-order chi connectivity index (χ1) is 8.33. The zero-order valence-corrected chi connectivity index (χ0v) is 11.4. The molecule has 1 N–H and O–H groups in total. The van der Waals surface area contributed by atoms with E-state index in [4.69, 9.17) is 9.47 Å². The van der Waals surface area contributed by atoms with Crippen LogP contribution in [0.4, 0.5) is 0 Å². The highest BCUT2D eigenvalue weighted by atomic mass is 16.5. The van der Waals surface area contributed by atoms with Crippen LogP contribution in [0.1, 0.15) is 19.8 Å². The molecule has 0 aromatic carbocycles. The van der Waals surface area contributed by atoms with Crippen LogP contribution in [0.3, 0.4) is 0 Å². The second-order valence-electron chi connectivity index (χ2n) is 4.92. The topological polar surface area (TPSA) is 33.7 Å². The summed E-state index contributed by atoms with van der Waals surface area (Å²) in [4.78, 5) is 2.57. The molecule has 0 saturated carbocycles. The van der Waals surface area contributed by atoms with Crippen LogP contribution in [-0.2, 0) is 9.47 Å². The second-order valence-corrected chi connectivity index (χ2v) is 4.92. The fraction of sp³-hybridized carbons (Fsp3) is 1.00. The third kappa shape index (κ3) is 7.71. The largest absolute Gasteiger partial charge is 0.382 e. The van der Waals surface area contributed by atoms with Gasteiger partial charge >= 0.3 is 0 Å². The number of hydrogen-bond donors (Lipinski definition) is 1. The summed E-state index contributed by atoms with van der Waals surface area (Å²) >= 11 is 0. The molecule has 1 heterocycles. The van der Waals surface area contributed by atoms with Crippen molar-refractivity contribution in [2.45, 2.75) is 19.8 Å². The van der Waals surface area contributed by atoms with Gasteiger partial charge in [0.25, 0.3) is 0 Å². The molecule has 0 aliphatic carbocycles. The predicted molar refractivity (Wildman–Crippen MR) is 70.4 cm³/mol. The van der Waals surface area contributed by atoms with Crippen molar-refractivity contribution in [3.8, 4) is 0 Å². The maximum absolute atomic E-state index is 5.48. The summed E-state index contributed by atoms with van der Waals surface area (Å²) in [7, 11) is 1.71. The monoisotopic (exact) mass is 244 g/mol. The molecule has 1 fully saturated rings. The van der Waals surface area contributed by atoms with Crippen molar-refractivity contribution >= 4 is 0 Å². The maximum atomic E-state index is 5.48. The summed E-state index contributed by atoms with van der Waals surface area (Å²) in [6.07, 6.45) is 2.39. The minimum atomic E-state index is 0.701. The van der Waals surface area contributed by atoms with Gasteiger partial charge in [-0.05, 0) is 38.4 Å². The minimum absolute atomic E-state index is 0.701. The van der Waals surface area contributed by atoms with Gasteiger partial charge in [0.15, 0.2) is 0 Å². The van der Waals surface area contributed by atoms with E-state index in [1.54, 1.807) is 7.11 Å². The van der Waals surface area contributed by atoms with Crippen LogP contribution in [0.2, 0.25) is 0 Å². The number of rotatable bonds is 7. The van der Waals surface area contributed by atoms with E-state index in [2.05, 4.69) is 17.1 Å². The number of hydrogen-bond acceptors (Lipinski definition) is 4. The van der Waals surface area contributed by atoms with Crippen molar-refractivity contribution in [2.24, 2.45) is 5.92 Å². The highest BCUT2D eigenvalue weighted by molar-refractivity contribution is 4.69. The molecular weight excluding hydrogens is 216 g/mol. The highest BCUT2D eigenvalue weighted by Crippen LogP contribution is 2.04. The summed E-state index contributed by atoms with van der Waals surface area (Å²) in [5.41, 5.74) is 0. The molecule has 0 aromatic heterocycles. The van der Waals surface area contributed by atoms with E-state index in [9.17, 15) is 0 Å². The van der Waals surface area contributed by atoms with Crippen LogP contribution >= 0.6 is 0 Å². The molecule has 0 amide bonds. The molecule has 0 aromatic rings. The van der Waals surface area contributed by atoms with Gasteiger partial charge in [-0.25, -0.2) is 0 Å². The Labute approximate surface area is 106 Å². The molecule has 1 unspecified atom stereocenters. The van der Waals surface area contributed by atoms with Gasteiger partial charge in [0.1, 0.15) is 0 Å². The van der Waals surface area contributed by atoms with E-state index in [1.807, 2.05) is 0 Å². The Morgan fingerprint density at radius 1 is 1.29 bits per heavy atom. The van der Waals surface area contributed by atoms with Crippen LogP contribution in [0.15, 0.2) is 0 Å².